The largest absolute Gasteiger partial charge is 0.383 e. The van der Waals surface area contributed by atoms with E-state index in [2.05, 4.69) is 25.5 Å². The van der Waals surface area contributed by atoms with Crippen LogP contribution in [0.3, 0.4) is 0 Å². The van der Waals surface area contributed by atoms with E-state index < -0.39 is 5.82 Å². The number of methoxy groups -OCH3 is 1. The topological polar surface area (TPSA) is 66.9 Å². The van der Waals surface area contributed by atoms with Crippen molar-refractivity contribution in [1.29, 1.82) is 0 Å². The molecular formula is C12H13ClFN5O. The molecule has 0 radical (unpaired) electrons. The summed E-state index contributed by atoms with van der Waals surface area (Å²) in [5, 5.41) is 13.7. The Bertz CT molecular complexity index is 619. The van der Waals surface area contributed by atoms with E-state index in [-0.39, 0.29) is 10.8 Å². The number of H-pyrrole nitrogens is 1. The Hall–Kier alpha value is -1.73. The Balaban J connectivity index is 2.13. The standard InChI is InChI=1S/C12H13ClFN5O/c1-20-5-4-19-3-2-7-6-8(13)10(14)9(11(7)19)12-15-17-18-16-12/h6H,2-5H2,1H3,(H,15,16,17,18). The van der Waals surface area contributed by atoms with Gasteiger partial charge in [0, 0.05) is 20.2 Å². The highest BCUT2D eigenvalue weighted by atomic mass is 35.5. The quantitative estimate of drug-likeness (QED) is 0.930. The van der Waals surface area contributed by atoms with Crippen LogP contribution < -0.4 is 4.90 Å². The number of halogens is 2. The minimum atomic E-state index is -0.517. The van der Waals surface area contributed by atoms with Crippen LogP contribution in [0.5, 0.6) is 0 Å². The summed E-state index contributed by atoms with van der Waals surface area (Å²) in [7, 11) is 1.64. The highest BCUT2D eigenvalue weighted by molar-refractivity contribution is 6.31. The van der Waals surface area contributed by atoms with E-state index in [1.54, 1.807) is 13.2 Å². The predicted octanol–water partition coefficient (Wildman–Crippen LogP) is 1.67. The van der Waals surface area contributed by atoms with E-state index in [9.17, 15) is 4.39 Å². The number of anilines is 1. The number of tetrazole rings is 1. The molecule has 0 aliphatic carbocycles. The molecule has 1 aromatic heterocycles. The SMILES string of the molecule is COCCN1CCc2cc(Cl)c(F)c(-c3nn[nH]n3)c21. The number of nitrogens with one attached hydrogen (secondary N) is 1. The van der Waals surface area contributed by atoms with Crippen LogP contribution in [0.2, 0.25) is 5.02 Å². The summed E-state index contributed by atoms with van der Waals surface area (Å²) in [5.41, 5.74) is 2.08. The zero-order chi connectivity index (χ0) is 14.1. The molecule has 1 aliphatic rings. The Kier molecular flexibility index (Phi) is 3.54. The minimum Gasteiger partial charge on any atom is -0.383 e. The normalized spacial score (nSPS) is 13.8. The van der Waals surface area contributed by atoms with Gasteiger partial charge in [-0.1, -0.05) is 11.6 Å². The fraction of sp³-hybridized carbons (Fsp3) is 0.417. The third-order valence-electron chi connectivity index (χ3n) is 3.37. The van der Waals surface area contributed by atoms with Crippen LogP contribution in [0.15, 0.2) is 6.07 Å². The molecule has 6 nitrogen and oxygen atoms in total. The number of rotatable bonds is 4. The van der Waals surface area contributed by atoms with E-state index >= 15 is 0 Å². The molecule has 20 heavy (non-hydrogen) atoms. The smallest absolute Gasteiger partial charge is 0.209 e. The molecule has 0 bridgehead atoms. The highest BCUT2D eigenvalue weighted by Crippen LogP contribution is 2.41. The zero-order valence-corrected chi connectivity index (χ0v) is 11.6. The summed E-state index contributed by atoms with van der Waals surface area (Å²) in [6, 6.07) is 1.67. The van der Waals surface area contributed by atoms with Crippen LogP contribution in [0.4, 0.5) is 10.1 Å². The molecule has 0 unspecified atom stereocenters. The molecule has 0 atom stereocenters. The van der Waals surface area contributed by atoms with E-state index in [4.69, 9.17) is 16.3 Å². The molecule has 0 spiro atoms. The van der Waals surface area contributed by atoms with Crippen LogP contribution in [0.1, 0.15) is 5.56 Å². The lowest BCUT2D eigenvalue weighted by molar-refractivity contribution is 0.205. The molecule has 0 amide bonds. The number of nitrogens with zero attached hydrogens (tertiary/aromatic N) is 4. The molecule has 1 aromatic carbocycles. The van der Waals surface area contributed by atoms with Gasteiger partial charge in [-0.15, -0.1) is 10.2 Å². The Morgan fingerprint density at radius 3 is 3.10 bits per heavy atom. The number of aromatic nitrogens is 4. The van der Waals surface area contributed by atoms with Gasteiger partial charge in [-0.05, 0) is 23.3 Å². The third kappa shape index (κ3) is 2.12. The molecule has 1 N–H and O–H groups in total. The fourth-order valence-electron chi connectivity index (χ4n) is 2.48. The lowest BCUT2D eigenvalue weighted by Gasteiger charge is -2.21. The lowest BCUT2D eigenvalue weighted by atomic mass is 10.1. The van der Waals surface area contributed by atoms with Crippen LogP contribution >= 0.6 is 11.6 Å². The van der Waals surface area contributed by atoms with Gasteiger partial charge < -0.3 is 9.64 Å². The van der Waals surface area contributed by atoms with E-state index in [0.29, 0.717) is 18.7 Å². The maximum atomic E-state index is 14.4. The number of hydrogen-bond acceptors (Lipinski definition) is 5. The van der Waals surface area contributed by atoms with Gasteiger partial charge in [0.05, 0.1) is 22.9 Å². The number of hydrogen-bond donors (Lipinski definition) is 1. The lowest BCUT2D eigenvalue weighted by Crippen LogP contribution is -2.25. The van der Waals surface area contributed by atoms with Crippen molar-refractivity contribution in [2.75, 3.05) is 31.7 Å². The summed E-state index contributed by atoms with van der Waals surface area (Å²) < 4.78 is 19.5. The molecule has 0 fully saturated rings. The van der Waals surface area contributed by atoms with Crippen molar-refractivity contribution in [3.63, 3.8) is 0 Å². The first-order chi connectivity index (χ1) is 9.72. The van der Waals surface area contributed by atoms with Crippen LogP contribution in [-0.2, 0) is 11.2 Å². The highest BCUT2D eigenvalue weighted by Gasteiger charge is 2.29. The maximum absolute atomic E-state index is 14.4. The predicted molar refractivity (Wildman–Crippen MR) is 72.4 cm³/mol. The first-order valence-corrected chi connectivity index (χ1v) is 6.58. The number of aromatic amines is 1. The Morgan fingerprint density at radius 2 is 2.40 bits per heavy atom. The van der Waals surface area contributed by atoms with E-state index in [1.165, 1.54) is 0 Å². The molecule has 106 valence electrons. The van der Waals surface area contributed by atoms with Gasteiger partial charge in [-0.2, -0.15) is 5.21 Å². The van der Waals surface area contributed by atoms with E-state index in [1.807, 2.05) is 0 Å². The molecule has 0 saturated carbocycles. The third-order valence-corrected chi connectivity index (χ3v) is 3.65. The summed E-state index contributed by atoms with van der Waals surface area (Å²) >= 11 is 5.96. The summed E-state index contributed by atoms with van der Waals surface area (Å²) in [4.78, 5) is 2.06. The van der Waals surface area contributed by atoms with Gasteiger partial charge in [0.1, 0.15) is 0 Å². The van der Waals surface area contributed by atoms with Crippen molar-refractivity contribution in [2.45, 2.75) is 6.42 Å². The zero-order valence-electron chi connectivity index (χ0n) is 10.9. The Morgan fingerprint density at radius 1 is 1.55 bits per heavy atom. The van der Waals surface area contributed by atoms with Crippen molar-refractivity contribution in [3.05, 3.63) is 22.5 Å². The molecule has 1 aliphatic heterocycles. The van der Waals surface area contributed by atoms with Crippen molar-refractivity contribution >= 4 is 17.3 Å². The number of benzene rings is 1. The molecular weight excluding hydrogens is 285 g/mol. The van der Waals surface area contributed by atoms with Gasteiger partial charge in [-0.25, -0.2) is 4.39 Å². The molecule has 2 aromatic rings. The second kappa shape index (κ2) is 5.34. The van der Waals surface area contributed by atoms with Gasteiger partial charge in [0.25, 0.3) is 0 Å². The van der Waals surface area contributed by atoms with Crippen molar-refractivity contribution < 1.29 is 9.13 Å². The molecule has 2 heterocycles. The average Bonchev–Trinajstić information content (AvgIpc) is 3.08. The van der Waals surface area contributed by atoms with Crippen LogP contribution in [0.25, 0.3) is 11.4 Å². The van der Waals surface area contributed by atoms with Crippen molar-refractivity contribution in [2.24, 2.45) is 0 Å². The first kappa shape index (κ1) is 13.3. The van der Waals surface area contributed by atoms with E-state index in [0.717, 1.165) is 24.2 Å². The Labute approximate surface area is 119 Å². The second-order valence-corrected chi connectivity index (χ2v) is 4.93. The van der Waals surface area contributed by atoms with Crippen LogP contribution in [-0.4, -0.2) is 47.4 Å². The maximum Gasteiger partial charge on any atom is 0.209 e. The van der Waals surface area contributed by atoms with Crippen LogP contribution in [0, 0.1) is 5.82 Å². The molecule has 3 rings (SSSR count). The molecule has 8 heteroatoms. The number of fused-ring (bicyclic) bond motifs is 1. The van der Waals surface area contributed by atoms with Gasteiger partial charge in [-0.3, -0.25) is 0 Å². The van der Waals surface area contributed by atoms with Crippen molar-refractivity contribution in [3.8, 4) is 11.4 Å². The fourth-order valence-corrected chi connectivity index (χ4v) is 2.71. The first-order valence-electron chi connectivity index (χ1n) is 6.21. The average molecular weight is 298 g/mol. The van der Waals surface area contributed by atoms with Gasteiger partial charge >= 0.3 is 0 Å². The summed E-state index contributed by atoms with van der Waals surface area (Å²) in [6.45, 7) is 2.04. The minimum absolute atomic E-state index is 0.0807. The number of ether oxygens (including phenoxy) is 1. The summed E-state index contributed by atoms with van der Waals surface area (Å²) in [5.74, 6) is -0.304. The van der Waals surface area contributed by atoms with Gasteiger partial charge in [0.2, 0.25) is 5.82 Å². The monoisotopic (exact) mass is 297 g/mol. The summed E-state index contributed by atoms with van der Waals surface area (Å²) in [6.07, 6.45) is 0.809. The van der Waals surface area contributed by atoms with Gasteiger partial charge in [0.15, 0.2) is 5.82 Å². The van der Waals surface area contributed by atoms with Crippen molar-refractivity contribution in [1.82, 2.24) is 20.6 Å². The second-order valence-electron chi connectivity index (χ2n) is 4.52. The molecule has 0 saturated heterocycles.